The molecule has 1 atom stereocenters. The van der Waals surface area contributed by atoms with E-state index in [1.165, 1.54) is 5.56 Å². The molecule has 102 valence electrons. The Balaban J connectivity index is 2.65. The zero-order valence-corrected chi connectivity index (χ0v) is 12.8. The quantitative estimate of drug-likeness (QED) is 0.784. The fourth-order valence-electron chi connectivity index (χ4n) is 1.88. The lowest BCUT2D eigenvalue weighted by molar-refractivity contribution is 0.664. The van der Waals surface area contributed by atoms with Crippen LogP contribution in [-0.4, -0.2) is 36.6 Å². The van der Waals surface area contributed by atoms with Crippen LogP contribution in [0.5, 0.6) is 0 Å². The Bertz CT molecular complexity index is 326. The van der Waals surface area contributed by atoms with E-state index in [0.29, 0.717) is 6.04 Å². The molecule has 18 heavy (non-hydrogen) atoms. The van der Waals surface area contributed by atoms with Crippen LogP contribution >= 0.6 is 11.8 Å². The number of nitrogens with zero attached hydrogens (tertiary/aromatic N) is 2. The van der Waals surface area contributed by atoms with Gasteiger partial charge in [-0.2, -0.15) is 11.8 Å². The van der Waals surface area contributed by atoms with Crippen LogP contribution in [0.2, 0.25) is 0 Å². The van der Waals surface area contributed by atoms with Gasteiger partial charge in [0.15, 0.2) is 0 Å². The Morgan fingerprint density at radius 3 is 2.67 bits per heavy atom. The van der Waals surface area contributed by atoms with Gasteiger partial charge in [0.25, 0.3) is 0 Å². The van der Waals surface area contributed by atoms with Crippen LogP contribution in [0.1, 0.15) is 25.8 Å². The summed E-state index contributed by atoms with van der Waals surface area (Å²) in [6.07, 6.45) is 5.28. The maximum absolute atomic E-state index is 4.56. The number of hydrogen-bond donors (Lipinski definition) is 1. The zero-order valence-electron chi connectivity index (χ0n) is 11.9. The monoisotopic (exact) mass is 267 g/mol. The molecular formula is C14H25N3S. The van der Waals surface area contributed by atoms with E-state index in [1.54, 1.807) is 0 Å². The third-order valence-corrected chi connectivity index (χ3v) is 3.85. The number of aromatic nitrogens is 1. The summed E-state index contributed by atoms with van der Waals surface area (Å²) in [5.74, 6) is 2.21. The molecule has 1 aromatic heterocycles. The summed E-state index contributed by atoms with van der Waals surface area (Å²) in [5, 5.41) is 3.31. The lowest BCUT2D eigenvalue weighted by Gasteiger charge is -2.27. The molecule has 1 heterocycles. The minimum absolute atomic E-state index is 0.562. The van der Waals surface area contributed by atoms with Gasteiger partial charge >= 0.3 is 0 Å². The van der Waals surface area contributed by atoms with Gasteiger partial charge in [-0.05, 0) is 30.9 Å². The number of thioether (sulfide) groups is 1. The number of anilines is 1. The normalized spacial score (nSPS) is 12.4. The summed E-state index contributed by atoms with van der Waals surface area (Å²) < 4.78 is 0. The zero-order chi connectivity index (χ0) is 13.4. The number of hydrogen-bond acceptors (Lipinski definition) is 4. The van der Waals surface area contributed by atoms with Crippen molar-refractivity contribution in [2.24, 2.45) is 0 Å². The summed E-state index contributed by atoms with van der Waals surface area (Å²) >= 11 is 1.89. The molecule has 1 aromatic rings. The first-order chi connectivity index (χ1) is 8.72. The minimum atomic E-state index is 0.562. The smallest absolute Gasteiger partial charge is 0.128 e. The van der Waals surface area contributed by atoms with Crippen LogP contribution in [0.15, 0.2) is 18.3 Å². The van der Waals surface area contributed by atoms with E-state index in [2.05, 4.69) is 54.5 Å². The average Bonchev–Trinajstić information content (AvgIpc) is 2.42. The number of rotatable bonds is 8. The molecule has 0 spiro atoms. The highest BCUT2D eigenvalue weighted by atomic mass is 32.2. The van der Waals surface area contributed by atoms with Crippen molar-refractivity contribution >= 4 is 17.6 Å². The Kier molecular flexibility index (Phi) is 7.13. The lowest BCUT2D eigenvalue weighted by Crippen LogP contribution is -2.33. The molecule has 0 aliphatic heterocycles. The summed E-state index contributed by atoms with van der Waals surface area (Å²) in [6, 6.07) is 4.84. The van der Waals surface area contributed by atoms with E-state index in [9.17, 15) is 0 Å². The molecule has 3 nitrogen and oxygen atoms in total. The molecule has 1 N–H and O–H groups in total. The molecule has 0 saturated heterocycles. The third-order valence-electron chi connectivity index (χ3n) is 3.13. The molecule has 1 unspecified atom stereocenters. The molecule has 0 bridgehead atoms. The van der Waals surface area contributed by atoms with Crippen molar-refractivity contribution in [3.63, 3.8) is 0 Å². The Morgan fingerprint density at radius 2 is 2.17 bits per heavy atom. The summed E-state index contributed by atoms with van der Waals surface area (Å²) in [4.78, 5) is 6.84. The Hall–Kier alpha value is -0.740. The van der Waals surface area contributed by atoms with Gasteiger partial charge < -0.3 is 10.2 Å². The fraction of sp³-hybridized carbons (Fsp3) is 0.643. The lowest BCUT2D eigenvalue weighted by atomic mass is 10.2. The van der Waals surface area contributed by atoms with Crippen molar-refractivity contribution < 1.29 is 0 Å². The summed E-state index contributed by atoms with van der Waals surface area (Å²) in [6.45, 7) is 6.24. The van der Waals surface area contributed by atoms with Gasteiger partial charge in [-0.3, -0.25) is 0 Å². The molecule has 0 saturated carbocycles. The highest BCUT2D eigenvalue weighted by Crippen LogP contribution is 2.16. The van der Waals surface area contributed by atoms with Gasteiger partial charge in [-0.1, -0.05) is 19.9 Å². The van der Waals surface area contributed by atoms with Gasteiger partial charge in [-0.25, -0.2) is 4.98 Å². The van der Waals surface area contributed by atoms with Crippen LogP contribution in [0, 0.1) is 0 Å². The van der Waals surface area contributed by atoms with Crippen molar-refractivity contribution in [3.8, 4) is 0 Å². The average molecular weight is 267 g/mol. The molecule has 1 rings (SSSR count). The third kappa shape index (κ3) is 4.50. The highest BCUT2D eigenvalue weighted by molar-refractivity contribution is 7.98. The van der Waals surface area contributed by atoms with Gasteiger partial charge in [-0.15, -0.1) is 0 Å². The van der Waals surface area contributed by atoms with Gasteiger partial charge in [0, 0.05) is 31.6 Å². The van der Waals surface area contributed by atoms with Crippen LogP contribution in [0.4, 0.5) is 5.82 Å². The molecule has 0 aromatic carbocycles. The maximum atomic E-state index is 4.56. The summed E-state index contributed by atoms with van der Waals surface area (Å²) in [7, 11) is 2.14. The van der Waals surface area contributed by atoms with Crippen molar-refractivity contribution in [1.29, 1.82) is 0 Å². The Morgan fingerprint density at radius 1 is 1.39 bits per heavy atom. The van der Waals surface area contributed by atoms with Gasteiger partial charge in [0.1, 0.15) is 5.82 Å². The van der Waals surface area contributed by atoms with E-state index < -0.39 is 0 Å². The van der Waals surface area contributed by atoms with Crippen molar-refractivity contribution in [2.75, 3.05) is 30.5 Å². The Labute approximate surface area is 115 Å². The van der Waals surface area contributed by atoms with Crippen LogP contribution in [0.3, 0.4) is 0 Å². The first-order valence-corrected chi connectivity index (χ1v) is 7.99. The minimum Gasteiger partial charge on any atom is -0.356 e. The molecule has 4 heteroatoms. The van der Waals surface area contributed by atoms with Gasteiger partial charge in [0.2, 0.25) is 0 Å². The molecule has 0 fully saturated rings. The van der Waals surface area contributed by atoms with Crippen LogP contribution < -0.4 is 10.2 Å². The molecule has 0 aliphatic rings. The van der Waals surface area contributed by atoms with E-state index >= 15 is 0 Å². The van der Waals surface area contributed by atoms with E-state index in [1.807, 2.05) is 18.0 Å². The van der Waals surface area contributed by atoms with Crippen LogP contribution in [-0.2, 0) is 6.54 Å². The topological polar surface area (TPSA) is 28.2 Å². The second kappa shape index (κ2) is 8.38. The highest BCUT2D eigenvalue weighted by Gasteiger charge is 2.13. The first kappa shape index (κ1) is 15.3. The molecule has 0 amide bonds. The first-order valence-electron chi connectivity index (χ1n) is 6.60. The van der Waals surface area contributed by atoms with E-state index in [-0.39, 0.29) is 0 Å². The van der Waals surface area contributed by atoms with Gasteiger partial charge in [0.05, 0.1) is 0 Å². The van der Waals surface area contributed by atoms with Crippen molar-refractivity contribution in [2.45, 2.75) is 32.9 Å². The number of pyridine rings is 1. The molecule has 0 aliphatic carbocycles. The predicted octanol–water partition coefficient (Wildman–Crippen LogP) is 2.77. The number of nitrogens with one attached hydrogen (secondary N) is 1. The molecular weight excluding hydrogens is 242 g/mol. The standard InChI is InChI=1S/C14H25N3S/c1-5-13(11-18-4)17(3)14-8-7-12(10-16-14)9-15-6-2/h7-8,10,13,15H,5-6,9,11H2,1-4H3. The van der Waals surface area contributed by atoms with E-state index in [0.717, 1.165) is 31.1 Å². The second-order valence-corrected chi connectivity index (χ2v) is 5.34. The van der Waals surface area contributed by atoms with E-state index in [4.69, 9.17) is 0 Å². The largest absolute Gasteiger partial charge is 0.356 e. The summed E-state index contributed by atoms with van der Waals surface area (Å²) in [5.41, 5.74) is 1.24. The maximum Gasteiger partial charge on any atom is 0.128 e. The fourth-order valence-corrected chi connectivity index (χ4v) is 2.73. The van der Waals surface area contributed by atoms with Crippen molar-refractivity contribution in [3.05, 3.63) is 23.9 Å². The predicted molar refractivity (Wildman–Crippen MR) is 82.5 cm³/mol. The molecule has 0 radical (unpaired) electrons. The second-order valence-electron chi connectivity index (χ2n) is 4.43. The SMILES string of the molecule is CCNCc1ccc(N(C)C(CC)CSC)nc1. The van der Waals surface area contributed by atoms with Crippen LogP contribution in [0.25, 0.3) is 0 Å². The van der Waals surface area contributed by atoms with Crippen molar-refractivity contribution in [1.82, 2.24) is 10.3 Å².